The van der Waals surface area contributed by atoms with Crippen LogP contribution in [0.1, 0.15) is 51.2 Å². The van der Waals surface area contributed by atoms with Gasteiger partial charge in [0.1, 0.15) is 0 Å². The van der Waals surface area contributed by atoms with E-state index in [1.54, 1.807) is 0 Å². The molecule has 8 heteroatoms. The van der Waals surface area contributed by atoms with Crippen molar-refractivity contribution in [1.82, 2.24) is 25.3 Å². The summed E-state index contributed by atoms with van der Waals surface area (Å²) in [6.07, 6.45) is 2.89. The van der Waals surface area contributed by atoms with Crippen molar-refractivity contribution >= 4 is 5.96 Å². The molecule has 1 unspecified atom stereocenters. The molecule has 2 fully saturated rings. The normalized spacial score (nSPS) is 22.0. The lowest BCUT2D eigenvalue weighted by Gasteiger charge is -2.32. The van der Waals surface area contributed by atoms with Gasteiger partial charge in [0.25, 0.3) is 0 Å². The number of aliphatic imine (C=N–C) groups is 1. The van der Waals surface area contributed by atoms with Crippen molar-refractivity contribution in [2.24, 2.45) is 4.99 Å². The highest BCUT2D eigenvalue weighted by Gasteiger charge is 2.30. The SMILES string of the molecule is CCNC(=NCCCc1nc(C(C)C)no1)N1CCC(N2CCOCC2)C1. The summed E-state index contributed by atoms with van der Waals surface area (Å²) < 4.78 is 10.8. The van der Waals surface area contributed by atoms with Gasteiger partial charge in [0.2, 0.25) is 5.89 Å². The van der Waals surface area contributed by atoms with E-state index in [0.717, 1.165) is 77.1 Å². The predicted octanol–water partition coefficient (Wildman–Crippen LogP) is 1.50. The van der Waals surface area contributed by atoms with Gasteiger partial charge in [-0.25, -0.2) is 0 Å². The third-order valence-electron chi connectivity index (χ3n) is 5.17. The highest BCUT2D eigenvalue weighted by atomic mass is 16.5. The summed E-state index contributed by atoms with van der Waals surface area (Å²) in [6, 6.07) is 0.616. The zero-order chi connectivity index (χ0) is 19.1. The maximum Gasteiger partial charge on any atom is 0.226 e. The van der Waals surface area contributed by atoms with Gasteiger partial charge in [-0.15, -0.1) is 0 Å². The molecule has 0 spiro atoms. The lowest BCUT2D eigenvalue weighted by Crippen LogP contribution is -2.46. The number of nitrogens with one attached hydrogen (secondary N) is 1. The van der Waals surface area contributed by atoms with Crippen LogP contribution in [-0.4, -0.2) is 84.4 Å². The number of hydrogen-bond donors (Lipinski definition) is 1. The molecule has 1 aromatic heterocycles. The summed E-state index contributed by atoms with van der Waals surface area (Å²) in [5.74, 6) is 2.83. The van der Waals surface area contributed by atoms with Gasteiger partial charge in [-0.2, -0.15) is 4.98 Å². The fourth-order valence-electron chi connectivity index (χ4n) is 3.62. The summed E-state index contributed by atoms with van der Waals surface area (Å²) in [4.78, 5) is 14.2. The van der Waals surface area contributed by atoms with Crippen LogP contribution in [0.15, 0.2) is 9.52 Å². The summed E-state index contributed by atoms with van der Waals surface area (Å²) >= 11 is 0. The van der Waals surface area contributed by atoms with E-state index in [2.05, 4.69) is 46.0 Å². The molecule has 0 aromatic carbocycles. The number of nitrogens with zero attached hydrogens (tertiary/aromatic N) is 5. The van der Waals surface area contributed by atoms with Gasteiger partial charge in [0.05, 0.1) is 13.2 Å². The van der Waals surface area contributed by atoms with Crippen molar-refractivity contribution in [3.05, 3.63) is 11.7 Å². The van der Waals surface area contributed by atoms with Crippen molar-refractivity contribution in [3.63, 3.8) is 0 Å². The van der Waals surface area contributed by atoms with E-state index in [9.17, 15) is 0 Å². The average Bonchev–Trinajstić information content (AvgIpc) is 3.35. The van der Waals surface area contributed by atoms with Crippen molar-refractivity contribution in [2.45, 2.75) is 52.0 Å². The van der Waals surface area contributed by atoms with Crippen LogP contribution < -0.4 is 5.32 Å². The van der Waals surface area contributed by atoms with Crippen LogP contribution in [0.5, 0.6) is 0 Å². The zero-order valence-corrected chi connectivity index (χ0v) is 17.0. The molecule has 1 N–H and O–H groups in total. The van der Waals surface area contributed by atoms with Crippen LogP contribution in [0.2, 0.25) is 0 Å². The number of hydrogen-bond acceptors (Lipinski definition) is 6. The number of guanidine groups is 1. The monoisotopic (exact) mass is 378 g/mol. The van der Waals surface area contributed by atoms with Crippen LogP contribution in [0.4, 0.5) is 0 Å². The Balaban J connectivity index is 1.47. The van der Waals surface area contributed by atoms with E-state index in [1.165, 1.54) is 6.42 Å². The molecule has 2 aliphatic heterocycles. The predicted molar refractivity (Wildman–Crippen MR) is 105 cm³/mol. The highest BCUT2D eigenvalue weighted by molar-refractivity contribution is 5.80. The molecule has 0 bridgehead atoms. The zero-order valence-electron chi connectivity index (χ0n) is 17.0. The van der Waals surface area contributed by atoms with E-state index in [1.807, 2.05) is 0 Å². The second-order valence-electron chi connectivity index (χ2n) is 7.58. The molecule has 0 aliphatic carbocycles. The molecule has 1 atom stereocenters. The Labute approximate surface area is 162 Å². The van der Waals surface area contributed by atoms with Gasteiger partial charge < -0.3 is 19.5 Å². The van der Waals surface area contributed by atoms with Crippen LogP contribution in [0.3, 0.4) is 0 Å². The topological polar surface area (TPSA) is 79.0 Å². The van der Waals surface area contributed by atoms with E-state index in [0.29, 0.717) is 17.9 Å². The molecule has 1 aromatic rings. The maximum absolute atomic E-state index is 5.48. The quantitative estimate of drug-likeness (QED) is 0.437. The number of rotatable bonds is 7. The molecular formula is C19H34N6O2. The summed E-state index contributed by atoms with van der Waals surface area (Å²) in [6.45, 7) is 13.9. The molecule has 0 radical (unpaired) electrons. The first-order valence-corrected chi connectivity index (χ1v) is 10.3. The Morgan fingerprint density at radius 1 is 1.30 bits per heavy atom. The van der Waals surface area contributed by atoms with Crippen molar-refractivity contribution in [2.75, 3.05) is 52.5 Å². The molecule has 2 aliphatic rings. The number of aromatic nitrogens is 2. The Kier molecular flexibility index (Phi) is 7.46. The first kappa shape index (κ1) is 20.1. The number of morpholine rings is 1. The molecule has 0 amide bonds. The molecule has 8 nitrogen and oxygen atoms in total. The van der Waals surface area contributed by atoms with Crippen LogP contribution in [0.25, 0.3) is 0 Å². The third kappa shape index (κ3) is 5.65. The Morgan fingerprint density at radius 2 is 2.11 bits per heavy atom. The second kappa shape index (κ2) is 10.0. The minimum absolute atomic E-state index is 0.301. The van der Waals surface area contributed by atoms with Gasteiger partial charge in [-0.05, 0) is 19.8 Å². The average molecular weight is 379 g/mol. The summed E-state index contributed by atoms with van der Waals surface area (Å²) in [5, 5.41) is 7.47. The van der Waals surface area contributed by atoms with Gasteiger partial charge in [0, 0.05) is 57.6 Å². The van der Waals surface area contributed by atoms with Crippen molar-refractivity contribution in [3.8, 4) is 0 Å². The molecule has 0 saturated carbocycles. The maximum atomic E-state index is 5.48. The minimum Gasteiger partial charge on any atom is -0.379 e. The van der Waals surface area contributed by atoms with Gasteiger partial charge in [-0.1, -0.05) is 19.0 Å². The highest BCUT2D eigenvalue weighted by Crippen LogP contribution is 2.17. The van der Waals surface area contributed by atoms with E-state index in [-0.39, 0.29) is 0 Å². The molecule has 3 rings (SSSR count). The molecule has 27 heavy (non-hydrogen) atoms. The van der Waals surface area contributed by atoms with Crippen LogP contribution in [0, 0.1) is 0 Å². The fourth-order valence-corrected chi connectivity index (χ4v) is 3.62. The second-order valence-corrected chi connectivity index (χ2v) is 7.58. The molecule has 3 heterocycles. The first-order chi connectivity index (χ1) is 13.2. The Morgan fingerprint density at radius 3 is 2.81 bits per heavy atom. The smallest absolute Gasteiger partial charge is 0.226 e. The van der Waals surface area contributed by atoms with E-state index >= 15 is 0 Å². The standard InChI is InChI=1S/C19H34N6O2/c1-4-20-19(21-8-5-6-17-22-18(15(2)3)23-27-17)25-9-7-16(14-25)24-10-12-26-13-11-24/h15-16H,4-14H2,1-3H3,(H,20,21). The molecular weight excluding hydrogens is 344 g/mol. The lowest BCUT2D eigenvalue weighted by molar-refractivity contribution is 0.0195. The number of ether oxygens (including phenoxy) is 1. The Bertz CT molecular complexity index is 597. The minimum atomic E-state index is 0.301. The number of aryl methyl sites for hydroxylation is 1. The van der Waals surface area contributed by atoms with E-state index < -0.39 is 0 Å². The van der Waals surface area contributed by atoms with Gasteiger partial charge in [0.15, 0.2) is 11.8 Å². The lowest BCUT2D eigenvalue weighted by atomic mass is 10.2. The first-order valence-electron chi connectivity index (χ1n) is 10.3. The number of likely N-dealkylation sites (tertiary alicyclic amines) is 1. The van der Waals surface area contributed by atoms with Crippen molar-refractivity contribution < 1.29 is 9.26 Å². The van der Waals surface area contributed by atoms with Crippen molar-refractivity contribution in [1.29, 1.82) is 0 Å². The van der Waals surface area contributed by atoms with Crippen LogP contribution in [-0.2, 0) is 11.2 Å². The molecule has 2 saturated heterocycles. The summed E-state index contributed by atoms with van der Waals surface area (Å²) in [5.41, 5.74) is 0. The van der Waals surface area contributed by atoms with Gasteiger partial charge >= 0.3 is 0 Å². The Hall–Kier alpha value is -1.67. The van der Waals surface area contributed by atoms with Gasteiger partial charge in [-0.3, -0.25) is 9.89 Å². The molecule has 152 valence electrons. The third-order valence-corrected chi connectivity index (χ3v) is 5.17. The summed E-state index contributed by atoms with van der Waals surface area (Å²) in [7, 11) is 0. The largest absolute Gasteiger partial charge is 0.379 e. The van der Waals surface area contributed by atoms with E-state index in [4.69, 9.17) is 14.3 Å². The van der Waals surface area contributed by atoms with Crippen LogP contribution >= 0.6 is 0 Å². The fraction of sp³-hybridized carbons (Fsp3) is 0.842.